The van der Waals surface area contributed by atoms with E-state index in [1.807, 2.05) is 12.5 Å². The highest BCUT2D eigenvalue weighted by atomic mass is 16.3. The number of aromatic nitrogens is 2. The number of aliphatic hydroxyl groups is 1. The smallest absolute Gasteiger partial charge is 0.0946 e. The van der Waals surface area contributed by atoms with Gasteiger partial charge in [-0.05, 0) is 5.92 Å². The summed E-state index contributed by atoms with van der Waals surface area (Å²) in [4.78, 5) is 6.27. The van der Waals surface area contributed by atoms with Gasteiger partial charge in [-0.15, -0.1) is 0 Å². The van der Waals surface area contributed by atoms with Gasteiger partial charge in [-0.3, -0.25) is 4.90 Å². The molecule has 1 saturated heterocycles. The molecule has 1 fully saturated rings. The van der Waals surface area contributed by atoms with Crippen LogP contribution in [0.4, 0.5) is 0 Å². The molecule has 2 rings (SSSR count). The van der Waals surface area contributed by atoms with Crippen LogP contribution in [0.15, 0.2) is 18.7 Å². The largest absolute Gasteiger partial charge is 0.387 e. The third-order valence-corrected chi connectivity index (χ3v) is 3.30. The number of β-amino-alcohol motifs (C(OH)–C–C–N with tert-alkyl or cyclic N) is 1. The molecule has 84 valence electrons. The van der Waals surface area contributed by atoms with E-state index in [0.29, 0.717) is 5.92 Å². The van der Waals surface area contributed by atoms with Gasteiger partial charge in [-0.2, -0.15) is 0 Å². The van der Waals surface area contributed by atoms with Gasteiger partial charge in [0.2, 0.25) is 0 Å². The van der Waals surface area contributed by atoms with Crippen molar-refractivity contribution in [3.63, 3.8) is 0 Å². The van der Waals surface area contributed by atoms with Crippen LogP contribution in [0.3, 0.4) is 0 Å². The van der Waals surface area contributed by atoms with Crippen molar-refractivity contribution in [2.45, 2.75) is 26.0 Å². The minimum atomic E-state index is -0.449. The molecular formula is C11H19N3O. The molecule has 0 atom stereocenters. The van der Waals surface area contributed by atoms with Gasteiger partial charge in [0.1, 0.15) is 0 Å². The highest BCUT2D eigenvalue weighted by Gasteiger charge is 2.42. The predicted molar refractivity (Wildman–Crippen MR) is 58.5 cm³/mol. The fourth-order valence-electron chi connectivity index (χ4n) is 1.93. The van der Waals surface area contributed by atoms with Gasteiger partial charge in [-0.1, -0.05) is 13.8 Å². The van der Waals surface area contributed by atoms with Gasteiger partial charge >= 0.3 is 0 Å². The number of rotatable bonds is 4. The van der Waals surface area contributed by atoms with Crippen LogP contribution in [-0.2, 0) is 6.54 Å². The monoisotopic (exact) mass is 209 g/mol. The standard InChI is InChI=1S/C11H19N3O/c1-10(2)11(15)7-14(8-11)6-5-13-4-3-12-9-13/h3-4,9-10,15H,5-8H2,1-2H3. The molecule has 0 aliphatic carbocycles. The molecule has 0 unspecified atom stereocenters. The Morgan fingerprint density at radius 3 is 2.67 bits per heavy atom. The highest BCUT2D eigenvalue weighted by molar-refractivity contribution is 4.97. The lowest BCUT2D eigenvalue weighted by Crippen LogP contribution is -2.64. The third-order valence-electron chi connectivity index (χ3n) is 3.30. The summed E-state index contributed by atoms with van der Waals surface area (Å²) in [6.45, 7) is 7.71. The predicted octanol–water partition coefficient (Wildman–Crippen LogP) is 0.586. The Labute approximate surface area is 90.5 Å². The van der Waals surface area contributed by atoms with E-state index in [4.69, 9.17) is 0 Å². The Balaban J connectivity index is 1.72. The van der Waals surface area contributed by atoms with Crippen LogP contribution >= 0.6 is 0 Å². The van der Waals surface area contributed by atoms with Crippen molar-refractivity contribution in [3.05, 3.63) is 18.7 Å². The van der Waals surface area contributed by atoms with Crippen LogP contribution in [0, 0.1) is 5.92 Å². The molecule has 1 aliphatic rings. The molecule has 4 heteroatoms. The van der Waals surface area contributed by atoms with Crippen molar-refractivity contribution >= 4 is 0 Å². The van der Waals surface area contributed by atoms with Crippen molar-refractivity contribution in [2.75, 3.05) is 19.6 Å². The fraction of sp³-hybridized carbons (Fsp3) is 0.727. The Morgan fingerprint density at radius 2 is 2.13 bits per heavy atom. The minimum Gasteiger partial charge on any atom is -0.387 e. The first-order valence-corrected chi connectivity index (χ1v) is 5.51. The molecule has 1 aromatic rings. The van der Waals surface area contributed by atoms with Gasteiger partial charge in [0, 0.05) is 38.6 Å². The Hall–Kier alpha value is -0.870. The van der Waals surface area contributed by atoms with E-state index in [0.717, 1.165) is 26.2 Å². The summed E-state index contributed by atoms with van der Waals surface area (Å²) < 4.78 is 2.06. The van der Waals surface area contributed by atoms with Crippen molar-refractivity contribution < 1.29 is 5.11 Å². The SMILES string of the molecule is CC(C)C1(O)CN(CCn2ccnc2)C1. The van der Waals surface area contributed by atoms with Crippen LogP contribution in [-0.4, -0.2) is 44.8 Å². The molecule has 0 radical (unpaired) electrons. The number of nitrogens with zero attached hydrogens (tertiary/aromatic N) is 3. The second-order valence-corrected chi connectivity index (χ2v) is 4.77. The Bertz CT molecular complexity index is 302. The summed E-state index contributed by atoms with van der Waals surface area (Å²) >= 11 is 0. The maximum absolute atomic E-state index is 10.1. The summed E-state index contributed by atoms with van der Waals surface area (Å²) in [5.41, 5.74) is -0.449. The maximum atomic E-state index is 10.1. The molecule has 0 amide bonds. The van der Waals surface area contributed by atoms with E-state index in [1.165, 1.54) is 0 Å². The fourth-order valence-corrected chi connectivity index (χ4v) is 1.93. The molecule has 2 heterocycles. The van der Waals surface area contributed by atoms with Crippen LogP contribution in [0.25, 0.3) is 0 Å². The Kier molecular flexibility index (Phi) is 2.80. The number of likely N-dealkylation sites (tertiary alicyclic amines) is 1. The first-order valence-electron chi connectivity index (χ1n) is 5.51. The molecular weight excluding hydrogens is 190 g/mol. The first-order chi connectivity index (χ1) is 7.10. The zero-order valence-electron chi connectivity index (χ0n) is 9.43. The van der Waals surface area contributed by atoms with Crippen LogP contribution in [0.5, 0.6) is 0 Å². The average Bonchev–Trinajstić information content (AvgIpc) is 2.62. The lowest BCUT2D eigenvalue weighted by Gasteiger charge is -2.49. The number of hydrogen-bond donors (Lipinski definition) is 1. The molecule has 1 aliphatic heterocycles. The average molecular weight is 209 g/mol. The first kappa shape index (κ1) is 10.6. The zero-order valence-corrected chi connectivity index (χ0v) is 9.43. The topological polar surface area (TPSA) is 41.3 Å². The lowest BCUT2D eigenvalue weighted by atomic mass is 9.83. The van der Waals surface area contributed by atoms with E-state index in [2.05, 4.69) is 28.3 Å². The van der Waals surface area contributed by atoms with E-state index in [9.17, 15) is 5.11 Å². The number of imidazole rings is 1. The normalized spacial score (nSPS) is 20.5. The summed E-state index contributed by atoms with van der Waals surface area (Å²) in [5.74, 6) is 0.349. The van der Waals surface area contributed by atoms with E-state index in [1.54, 1.807) is 6.20 Å². The third kappa shape index (κ3) is 2.21. The quantitative estimate of drug-likeness (QED) is 0.789. The second kappa shape index (κ2) is 3.94. The molecule has 0 aromatic carbocycles. The van der Waals surface area contributed by atoms with Gasteiger partial charge in [-0.25, -0.2) is 4.98 Å². The van der Waals surface area contributed by atoms with E-state index in [-0.39, 0.29) is 0 Å². The summed E-state index contributed by atoms with van der Waals surface area (Å²) in [6.07, 6.45) is 5.59. The molecule has 1 N–H and O–H groups in total. The molecule has 0 spiro atoms. The van der Waals surface area contributed by atoms with Crippen molar-refractivity contribution in [1.29, 1.82) is 0 Å². The van der Waals surface area contributed by atoms with Gasteiger partial charge < -0.3 is 9.67 Å². The molecule has 0 saturated carbocycles. The van der Waals surface area contributed by atoms with Crippen LogP contribution in [0.1, 0.15) is 13.8 Å². The minimum absolute atomic E-state index is 0.349. The molecule has 4 nitrogen and oxygen atoms in total. The Morgan fingerprint density at radius 1 is 1.40 bits per heavy atom. The van der Waals surface area contributed by atoms with Crippen molar-refractivity contribution in [1.82, 2.24) is 14.5 Å². The van der Waals surface area contributed by atoms with Gasteiger partial charge in [0.05, 0.1) is 11.9 Å². The van der Waals surface area contributed by atoms with Gasteiger partial charge in [0.15, 0.2) is 0 Å². The molecule has 0 bridgehead atoms. The lowest BCUT2D eigenvalue weighted by molar-refractivity contribution is -0.128. The van der Waals surface area contributed by atoms with Crippen LogP contribution < -0.4 is 0 Å². The second-order valence-electron chi connectivity index (χ2n) is 4.77. The number of hydrogen-bond acceptors (Lipinski definition) is 3. The molecule has 1 aromatic heterocycles. The van der Waals surface area contributed by atoms with E-state index >= 15 is 0 Å². The van der Waals surface area contributed by atoms with Gasteiger partial charge in [0.25, 0.3) is 0 Å². The summed E-state index contributed by atoms with van der Waals surface area (Å²) in [6, 6.07) is 0. The summed E-state index contributed by atoms with van der Waals surface area (Å²) in [7, 11) is 0. The zero-order chi connectivity index (χ0) is 10.9. The van der Waals surface area contributed by atoms with E-state index < -0.39 is 5.60 Å². The molecule has 15 heavy (non-hydrogen) atoms. The summed E-state index contributed by atoms with van der Waals surface area (Å²) in [5, 5.41) is 10.1. The van der Waals surface area contributed by atoms with Crippen molar-refractivity contribution in [2.24, 2.45) is 5.92 Å². The van der Waals surface area contributed by atoms with Crippen LogP contribution in [0.2, 0.25) is 0 Å². The maximum Gasteiger partial charge on any atom is 0.0946 e. The van der Waals surface area contributed by atoms with Crippen molar-refractivity contribution in [3.8, 4) is 0 Å². The highest BCUT2D eigenvalue weighted by Crippen LogP contribution is 2.28.